The molecule has 0 radical (unpaired) electrons. The lowest BCUT2D eigenvalue weighted by atomic mass is 10.0. The number of benzene rings is 1. The van der Waals surface area contributed by atoms with Gasteiger partial charge in [-0.25, -0.2) is 4.79 Å². The third-order valence-corrected chi connectivity index (χ3v) is 3.48. The predicted molar refractivity (Wildman–Crippen MR) is 80.1 cm³/mol. The number of carbonyl (C=O) groups is 2. The Labute approximate surface area is 129 Å². The van der Waals surface area contributed by atoms with E-state index < -0.39 is 11.6 Å². The van der Waals surface area contributed by atoms with Gasteiger partial charge in [0.1, 0.15) is 0 Å². The minimum atomic E-state index is -1.05. The van der Waals surface area contributed by atoms with Gasteiger partial charge in [-0.15, -0.1) is 0 Å². The highest BCUT2D eigenvalue weighted by Crippen LogP contribution is 2.23. The molecule has 0 saturated carbocycles. The summed E-state index contributed by atoms with van der Waals surface area (Å²) in [6.07, 6.45) is -0.194. The van der Waals surface area contributed by atoms with E-state index in [1.807, 2.05) is 13.8 Å². The number of methoxy groups -OCH3 is 1. The van der Waals surface area contributed by atoms with E-state index in [1.54, 1.807) is 24.1 Å². The summed E-state index contributed by atoms with van der Waals surface area (Å²) in [7, 11) is 1.59. The summed E-state index contributed by atoms with van der Waals surface area (Å²) in [5, 5.41) is 9.04. The van der Waals surface area contributed by atoms with Crippen LogP contribution in [-0.4, -0.2) is 60.4 Å². The molecule has 0 aromatic heterocycles. The first-order chi connectivity index (χ1) is 10.3. The maximum atomic E-state index is 12.6. The summed E-state index contributed by atoms with van der Waals surface area (Å²) in [5.74, 6) is -1.24. The molecule has 1 N–H and O–H groups in total. The van der Waals surface area contributed by atoms with Crippen LogP contribution in [0.2, 0.25) is 0 Å². The Morgan fingerprint density at radius 2 is 2.09 bits per heavy atom. The fourth-order valence-corrected chi connectivity index (χ4v) is 2.69. The van der Waals surface area contributed by atoms with Crippen molar-refractivity contribution in [1.82, 2.24) is 4.90 Å². The fraction of sp³-hybridized carbons (Fsp3) is 0.500. The summed E-state index contributed by atoms with van der Waals surface area (Å²) in [6.45, 7) is 5.12. The molecule has 22 heavy (non-hydrogen) atoms. The first kappa shape index (κ1) is 16.5. The molecule has 1 unspecified atom stereocenters. The minimum Gasteiger partial charge on any atom is -0.478 e. The van der Waals surface area contributed by atoms with Crippen molar-refractivity contribution in [3.05, 3.63) is 35.4 Å². The molecule has 0 aliphatic carbocycles. The van der Waals surface area contributed by atoms with Gasteiger partial charge < -0.3 is 19.5 Å². The lowest BCUT2D eigenvalue weighted by Crippen LogP contribution is -2.55. The predicted octanol–water partition coefficient (Wildman–Crippen LogP) is 1.65. The van der Waals surface area contributed by atoms with Crippen molar-refractivity contribution in [2.75, 3.05) is 26.8 Å². The van der Waals surface area contributed by atoms with Gasteiger partial charge in [-0.3, -0.25) is 4.79 Å². The third kappa shape index (κ3) is 3.84. The van der Waals surface area contributed by atoms with Crippen LogP contribution in [0.1, 0.15) is 34.6 Å². The van der Waals surface area contributed by atoms with Gasteiger partial charge in [0.05, 0.1) is 23.9 Å². The van der Waals surface area contributed by atoms with Crippen molar-refractivity contribution >= 4 is 11.9 Å². The molecule has 1 fully saturated rings. The van der Waals surface area contributed by atoms with Crippen molar-refractivity contribution < 1.29 is 24.2 Å². The molecule has 0 spiro atoms. The number of nitrogens with zero attached hydrogens (tertiary/aromatic N) is 1. The zero-order valence-corrected chi connectivity index (χ0v) is 13.0. The van der Waals surface area contributed by atoms with Gasteiger partial charge >= 0.3 is 5.97 Å². The van der Waals surface area contributed by atoms with Gasteiger partial charge in [-0.2, -0.15) is 0 Å². The number of ether oxygens (including phenoxy) is 2. The van der Waals surface area contributed by atoms with Crippen molar-refractivity contribution in [2.45, 2.75) is 25.6 Å². The van der Waals surface area contributed by atoms with Crippen molar-refractivity contribution in [3.63, 3.8) is 0 Å². The molecule has 1 amide bonds. The highest BCUT2D eigenvalue weighted by atomic mass is 16.5. The largest absolute Gasteiger partial charge is 0.478 e. The van der Waals surface area contributed by atoms with Crippen LogP contribution in [0, 0.1) is 0 Å². The zero-order chi connectivity index (χ0) is 16.3. The zero-order valence-electron chi connectivity index (χ0n) is 13.0. The molecular weight excluding hydrogens is 286 g/mol. The monoisotopic (exact) mass is 307 g/mol. The molecule has 120 valence electrons. The lowest BCUT2D eigenvalue weighted by Gasteiger charge is -2.42. The Kier molecular flexibility index (Phi) is 4.83. The highest BCUT2D eigenvalue weighted by molar-refractivity contribution is 5.97. The molecule has 1 aliphatic heterocycles. The van der Waals surface area contributed by atoms with E-state index in [0.717, 1.165) is 0 Å². The Morgan fingerprint density at radius 1 is 1.41 bits per heavy atom. The lowest BCUT2D eigenvalue weighted by molar-refractivity contribution is -0.143. The van der Waals surface area contributed by atoms with Crippen LogP contribution in [0.4, 0.5) is 0 Å². The van der Waals surface area contributed by atoms with E-state index in [0.29, 0.717) is 25.3 Å². The molecule has 1 saturated heterocycles. The second-order valence-electron chi connectivity index (χ2n) is 6.03. The molecule has 0 bridgehead atoms. The molecular formula is C16H21NO5. The molecule has 1 aliphatic rings. The van der Waals surface area contributed by atoms with Gasteiger partial charge in [0.2, 0.25) is 0 Å². The quantitative estimate of drug-likeness (QED) is 0.915. The number of hydrogen-bond donors (Lipinski definition) is 1. The van der Waals surface area contributed by atoms with Crippen molar-refractivity contribution in [1.29, 1.82) is 0 Å². The van der Waals surface area contributed by atoms with Crippen LogP contribution in [-0.2, 0) is 9.47 Å². The maximum Gasteiger partial charge on any atom is 0.335 e. The van der Waals surface area contributed by atoms with Crippen molar-refractivity contribution in [3.8, 4) is 0 Å². The van der Waals surface area contributed by atoms with Gasteiger partial charge in [0.25, 0.3) is 5.91 Å². The summed E-state index contributed by atoms with van der Waals surface area (Å²) in [4.78, 5) is 25.4. The number of morpholine rings is 1. The summed E-state index contributed by atoms with van der Waals surface area (Å²) in [6, 6.07) is 6.08. The number of rotatable bonds is 4. The first-order valence-corrected chi connectivity index (χ1v) is 7.12. The summed E-state index contributed by atoms with van der Waals surface area (Å²) < 4.78 is 11.0. The Bertz CT molecular complexity index is 569. The number of hydrogen-bond acceptors (Lipinski definition) is 4. The summed E-state index contributed by atoms with van der Waals surface area (Å²) in [5.41, 5.74) is 0.00204. The van der Waals surface area contributed by atoms with Crippen molar-refractivity contribution in [2.24, 2.45) is 0 Å². The smallest absolute Gasteiger partial charge is 0.335 e. The molecule has 1 atom stereocenters. The van der Waals surface area contributed by atoms with E-state index in [9.17, 15) is 9.59 Å². The van der Waals surface area contributed by atoms with Crippen LogP contribution in [0.5, 0.6) is 0 Å². The van der Waals surface area contributed by atoms with Gasteiger partial charge in [0.15, 0.2) is 0 Å². The maximum absolute atomic E-state index is 12.6. The van der Waals surface area contributed by atoms with E-state index >= 15 is 0 Å². The number of amides is 1. The number of carbonyl (C=O) groups excluding carboxylic acids is 1. The summed E-state index contributed by atoms with van der Waals surface area (Å²) >= 11 is 0. The SMILES string of the molecule is COCC1CN(C(=O)c2cccc(C(=O)O)c2)CC(C)(C)O1. The number of carboxylic acids is 1. The van der Waals surface area contributed by atoms with Gasteiger partial charge in [-0.1, -0.05) is 6.07 Å². The second-order valence-corrected chi connectivity index (χ2v) is 6.03. The highest BCUT2D eigenvalue weighted by Gasteiger charge is 2.35. The van der Waals surface area contributed by atoms with E-state index in [1.165, 1.54) is 12.1 Å². The number of carboxylic acid groups (broad SMARTS) is 1. The molecule has 2 rings (SSSR count). The Hall–Kier alpha value is -1.92. The Balaban J connectivity index is 2.20. The normalized spacial score (nSPS) is 20.7. The van der Waals surface area contributed by atoms with E-state index in [4.69, 9.17) is 14.6 Å². The number of aromatic carboxylic acids is 1. The van der Waals surface area contributed by atoms with Crippen LogP contribution in [0.15, 0.2) is 24.3 Å². The van der Waals surface area contributed by atoms with E-state index in [2.05, 4.69) is 0 Å². The fourth-order valence-electron chi connectivity index (χ4n) is 2.69. The topological polar surface area (TPSA) is 76.1 Å². The molecule has 1 aromatic rings. The minimum absolute atomic E-state index is 0.104. The van der Waals surface area contributed by atoms with Crippen LogP contribution >= 0.6 is 0 Å². The molecule has 6 heteroatoms. The molecule has 1 heterocycles. The molecule has 6 nitrogen and oxygen atoms in total. The molecule has 1 aromatic carbocycles. The average Bonchev–Trinajstić information content (AvgIpc) is 2.45. The van der Waals surface area contributed by atoms with E-state index in [-0.39, 0.29) is 17.6 Å². The van der Waals surface area contributed by atoms with Crippen LogP contribution in [0.3, 0.4) is 0 Å². The Morgan fingerprint density at radius 3 is 2.73 bits per heavy atom. The van der Waals surface area contributed by atoms with Crippen LogP contribution in [0.25, 0.3) is 0 Å². The van der Waals surface area contributed by atoms with Gasteiger partial charge in [0, 0.05) is 25.8 Å². The van der Waals surface area contributed by atoms with Crippen LogP contribution < -0.4 is 0 Å². The standard InChI is InChI=1S/C16H21NO5/c1-16(2)10-17(8-13(22-16)9-21-3)14(18)11-5-4-6-12(7-11)15(19)20/h4-7,13H,8-10H2,1-3H3,(H,19,20). The second kappa shape index (κ2) is 6.46. The average molecular weight is 307 g/mol. The third-order valence-electron chi connectivity index (χ3n) is 3.48. The van der Waals surface area contributed by atoms with Gasteiger partial charge in [-0.05, 0) is 32.0 Å². The first-order valence-electron chi connectivity index (χ1n) is 7.12.